The number of ether oxygens (including phenoxy) is 1. The van der Waals surface area contributed by atoms with Crippen molar-refractivity contribution >= 4 is 17.5 Å². The molecule has 3 rings (SSSR count). The van der Waals surface area contributed by atoms with E-state index in [2.05, 4.69) is 5.32 Å². The maximum absolute atomic E-state index is 12.7. The smallest absolute Gasteiger partial charge is 0.244 e. The first-order chi connectivity index (χ1) is 14.0. The molecule has 2 amide bonds. The van der Waals surface area contributed by atoms with Gasteiger partial charge in [-0.1, -0.05) is 60.7 Å². The molecule has 3 aromatic carbocycles. The zero-order valence-corrected chi connectivity index (χ0v) is 16.5. The van der Waals surface area contributed by atoms with Crippen LogP contribution in [-0.4, -0.2) is 23.3 Å². The highest BCUT2D eigenvalue weighted by Gasteiger charge is 2.21. The van der Waals surface area contributed by atoms with Gasteiger partial charge in [-0.3, -0.25) is 9.59 Å². The SMILES string of the molecule is CC(=O)N(CC(=O)Nc1ccccc1Oc1ccccc1)C(C)c1ccccc1. The first-order valence-electron chi connectivity index (χ1n) is 9.48. The zero-order valence-electron chi connectivity index (χ0n) is 16.5. The fraction of sp³-hybridized carbons (Fsp3) is 0.167. The summed E-state index contributed by atoms with van der Waals surface area (Å²) < 4.78 is 5.88. The fourth-order valence-electron chi connectivity index (χ4n) is 3.05. The van der Waals surface area contributed by atoms with Crippen molar-refractivity contribution < 1.29 is 14.3 Å². The third-order valence-electron chi connectivity index (χ3n) is 4.60. The number of amides is 2. The van der Waals surface area contributed by atoms with E-state index in [0.29, 0.717) is 17.2 Å². The van der Waals surface area contributed by atoms with Crippen LogP contribution in [0.3, 0.4) is 0 Å². The average Bonchev–Trinajstić information content (AvgIpc) is 2.74. The van der Waals surface area contributed by atoms with Crippen LogP contribution >= 0.6 is 0 Å². The van der Waals surface area contributed by atoms with Crippen LogP contribution in [0, 0.1) is 0 Å². The van der Waals surface area contributed by atoms with Gasteiger partial charge in [-0.15, -0.1) is 0 Å². The topological polar surface area (TPSA) is 58.6 Å². The standard InChI is InChI=1S/C24H24N2O3/c1-18(20-11-5-3-6-12-20)26(19(2)27)17-24(28)25-22-15-9-10-16-23(22)29-21-13-7-4-8-14-21/h3-16,18H,17H2,1-2H3,(H,25,28). The van der Waals surface area contributed by atoms with Crippen molar-refractivity contribution in [2.24, 2.45) is 0 Å². The predicted molar refractivity (Wildman–Crippen MR) is 114 cm³/mol. The Labute approximate surface area is 170 Å². The Morgan fingerprint density at radius 1 is 0.897 bits per heavy atom. The Balaban J connectivity index is 1.72. The average molecular weight is 388 g/mol. The number of hydrogen-bond donors (Lipinski definition) is 1. The fourth-order valence-corrected chi connectivity index (χ4v) is 3.05. The van der Waals surface area contributed by atoms with Gasteiger partial charge in [-0.2, -0.15) is 0 Å². The van der Waals surface area contributed by atoms with E-state index in [1.807, 2.05) is 79.7 Å². The molecule has 0 saturated heterocycles. The molecule has 0 bridgehead atoms. The molecule has 0 fully saturated rings. The third-order valence-corrected chi connectivity index (χ3v) is 4.60. The second kappa shape index (κ2) is 9.55. The first kappa shape index (κ1) is 20.1. The number of rotatable bonds is 7. The van der Waals surface area contributed by atoms with Crippen LogP contribution in [0.4, 0.5) is 5.69 Å². The van der Waals surface area contributed by atoms with Gasteiger partial charge in [0.15, 0.2) is 5.75 Å². The van der Waals surface area contributed by atoms with Crippen LogP contribution in [0.5, 0.6) is 11.5 Å². The van der Waals surface area contributed by atoms with Gasteiger partial charge in [0.25, 0.3) is 0 Å². The maximum Gasteiger partial charge on any atom is 0.244 e. The first-order valence-corrected chi connectivity index (χ1v) is 9.48. The molecule has 1 atom stereocenters. The molecule has 0 aliphatic rings. The molecule has 3 aromatic rings. The van der Waals surface area contributed by atoms with Crippen LogP contribution in [0.1, 0.15) is 25.5 Å². The minimum absolute atomic E-state index is 0.0505. The molecule has 0 aromatic heterocycles. The van der Waals surface area contributed by atoms with E-state index in [0.717, 1.165) is 5.56 Å². The number of para-hydroxylation sites is 3. The summed E-state index contributed by atoms with van der Waals surface area (Å²) in [6.07, 6.45) is 0. The molecule has 0 spiro atoms. The number of nitrogens with one attached hydrogen (secondary N) is 1. The van der Waals surface area contributed by atoms with Crippen LogP contribution in [0.25, 0.3) is 0 Å². The summed E-state index contributed by atoms with van der Waals surface area (Å²) in [5.41, 5.74) is 1.53. The van der Waals surface area contributed by atoms with Gasteiger partial charge in [0, 0.05) is 6.92 Å². The van der Waals surface area contributed by atoms with Crippen molar-refractivity contribution in [2.75, 3.05) is 11.9 Å². The molecule has 29 heavy (non-hydrogen) atoms. The molecular formula is C24H24N2O3. The summed E-state index contributed by atoms with van der Waals surface area (Å²) in [5, 5.41) is 2.86. The third kappa shape index (κ3) is 5.45. The van der Waals surface area contributed by atoms with Crippen LogP contribution in [-0.2, 0) is 9.59 Å². The van der Waals surface area contributed by atoms with Gasteiger partial charge in [0.05, 0.1) is 11.7 Å². The monoisotopic (exact) mass is 388 g/mol. The lowest BCUT2D eigenvalue weighted by molar-refractivity contribution is -0.134. The van der Waals surface area contributed by atoms with E-state index in [-0.39, 0.29) is 24.4 Å². The van der Waals surface area contributed by atoms with Crippen molar-refractivity contribution in [2.45, 2.75) is 19.9 Å². The summed E-state index contributed by atoms with van der Waals surface area (Å²) in [6, 6.07) is 26.0. The summed E-state index contributed by atoms with van der Waals surface area (Å²) in [6.45, 7) is 3.33. The van der Waals surface area contributed by atoms with E-state index in [1.165, 1.54) is 6.92 Å². The lowest BCUT2D eigenvalue weighted by Crippen LogP contribution is -2.38. The van der Waals surface area contributed by atoms with Gasteiger partial charge in [0.1, 0.15) is 12.3 Å². The largest absolute Gasteiger partial charge is 0.455 e. The lowest BCUT2D eigenvalue weighted by Gasteiger charge is -2.28. The lowest BCUT2D eigenvalue weighted by atomic mass is 10.1. The van der Waals surface area contributed by atoms with Gasteiger partial charge < -0.3 is 15.0 Å². The molecule has 0 aliphatic carbocycles. The molecule has 5 nitrogen and oxygen atoms in total. The van der Waals surface area contributed by atoms with Crippen molar-refractivity contribution in [3.8, 4) is 11.5 Å². The van der Waals surface area contributed by atoms with Crippen molar-refractivity contribution in [1.82, 2.24) is 4.90 Å². The maximum atomic E-state index is 12.7. The highest BCUT2D eigenvalue weighted by molar-refractivity contribution is 5.95. The minimum Gasteiger partial charge on any atom is -0.455 e. The van der Waals surface area contributed by atoms with E-state index >= 15 is 0 Å². The quantitative estimate of drug-likeness (QED) is 0.618. The van der Waals surface area contributed by atoms with E-state index < -0.39 is 0 Å². The van der Waals surface area contributed by atoms with E-state index in [4.69, 9.17) is 4.74 Å². The summed E-state index contributed by atoms with van der Waals surface area (Å²) >= 11 is 0. The van der Waals surface area contributed by atoms with Crippen molar-refractivity contribution in [3.05, 3.63) is 90.5 Å². The Morgan fingerprint density at radius 3 is 2.14 bits per heavy atom. The van der Waals surface area contributed by atoms with Crippen molar-refractivity contribution in [1.29, 1.82) is 0 Å². The van der Waals surface area contributed by atoms with Crippen LogP contribution in [0.2, 0.25) is 0 Å². The van der Waals surface area contributed by atoms with Crippen LogP contribution in [0.15, 0.2) is 84.9 Å². The summed E-state index contributed by atoms with van der Waals surface area (Å²) in [7, 11) is 0. The number of carbonyl (C=O) groups is 2. The molecule has 0 saturated carbocycles. The minimum atomic E-state index is -0.285. The Hall–Kier alpha value is -3.60. The number of hydrogen-bond acceptors (Lipinski definition) is 3. The highest BCUT2D eigenvalue weighted by atomic mass is 16.5. The second-order valence-corrected chi connectivity index (χ2v) is 6.69. The molecular weight excluding hydrogens is 364 g/mol. The van der Waals surface area contributed by atoms with Crippen LogP contribution < -0.4 is 10.1 Å². The van der Waals surface area contributed by atoms with Gasteiger partial charge in [-0.05, 0) is 36.8 Å². The van der Waals surface area contributed by atoms with E-state index in [9.17, 15) is 9.59 Å². The molecule has 0 aliphatic heterocycles. The molecule has 0 radical (unpaired) electrons. The molecule has 148 valence electrons. The van der Waals surface area contributed by atoms with E-state index in [1.54, 1.807) is 17.0 Å². The number of carbonyl (C=O) groups excluding carboxylic acids is 2. The summed E-state index contributed by atoms with van der Waals surface area (Å²) in [4.78, 5) is 26.4. The number of nitrogens with zero attached hydrogens (tertiary/aromatic N) is 1. The Bertz CT molecular complexity index is 958. The number of benzene rings is 3. The molecule has 1 unspecified atom stereocenters. The van der Waals surface area contributed by atoms with Gasteiger partial charge in [0.2, 0.25) is 11.8 Å². The highest BCUT2D eigenvalue weighted by Crippen LogP contribution is 2.29. The van der Waals surface area contributed by atoms with Crippen molar-refractivity contribution in [3.63, 3.8) is 0 Å². The zero-order chi connectivity index (χ0) is 20.6. The van der Waals surface area contributed by atoms with Gasteiger partial charge >= 0.3 is 0 Å². The second-order valence-electron chi connectivity index (χ2n) is 6.69. The molecule has 5 heteroatoms. The summed E-state index contributed by atoms with van der Waals surface area (Å²) in [5.74, 6) is 0.771. The molecule has 1 N–H and O–H groups in total. The number of anilines is 1. The predicted octanol–water partition coefficient (Wildman–Crippen LogP) is 5.03. The molecule has 0 heterocycles. The Morgan fingerprint density at radius 2 is 1.48 bits per heavy atom. The Kier molecular flexibility index (Phi) is 6.63. The van der Waals surface area contributed by atoms with Gasteiger partial charge in [-0.25, -0.2) is 0 Å². The normalized spacial score (nSPS) is 11.4.